The molecule has 2 atom stereocenters. The van der Waals surface area contributed by atoms with Crippen molar-refractivity contribution in [3.63, 3.8) is 0 Å². The monoisotopic (exact) mass is 854 g/mol. The van der Waals surface area contributed by atoms with Gasteiger partial charge >= 0.3 is 0 Å². The van der Waals surface area contributed by atoms with Crippen LogP contribution in [0.2, 0.25) is 0 Å². The second-order valence-electron chi connectivity index (χ2n) is 18.7. The van der Waals surface area contributed by atoms with Gasteiger partial charge in [0.05, 0.1) is 28.2 Å². The largest absolute Gasteiger partial charge is 0.313 e. The Kier molecular flexibility index (Phi) is 8.48. The lowest BCUT2D eigenvalue weighted by Crippen LogP contribution is -2.35. The van der Waals surface area contributed by atoms with Crippen molar-refractivity contribution in [2.45, 2.75) is 24.2 Å². The highest BCUT2D eigenvalue weighted by Gasteiger charge is 2.57. The summed E-state index contributed by atoms with van der Waals surface area (Å²) in [6.07, 6.45) is 28.0. The molecule has 0 amide bonds. The molecule has 2 aliphatic heterocycles. The molecule has 0 radical (unpaired) electrons. The second kappa shape index (κ2) is 14.9. The number of rotatable bonds is 4. The van der Waals surface area contributed by atoms with Gasteiger partial charge in [0.15, 0.2) is 0 Å². The number of anilines is 4. The van der Waals surface area contributed by atoms with Gasteiger partial charge in [-0.25, -0.2) is 0 Å². The Morgan fingerprint density at radius 2 is 1.09 bits per heavy atom. The molecule has 0 aromatic heterocycles. The zero-order valence-electron chi connectivity index (χ0n) is 37.1. The third-order valence-corrected chi connectivity index (χ3v) is 15.3. The topological polar surface area (TPSA) is 6.48 Å². The number of nitrogens with zero attached hydrogens (tertiary/aromatic N) is 2. The molecule has 14 rings (SSSR count). The van der Waals surface area contributed by atoms with Crippen LogP contribution in [0, 0.1) is 5.92 Å². The van der Waals surface area contributed by atoms with Crippen LogP contribution in [0.3, 0.4) is 0 Å². The fourth-order valence-corrected chi connectivity index (χ4v) is 12.5. The SMILES string of the molecule is C1=CC2=C(CC1)N(C1=CC3C(C=C1)c1ccc(/C=C/c4ccc(N5c6ccccc6C=Cc6ccccc65)c5ccccc45)cc1C31c3ccccc3-c3ccccc31)c1ccccc1C=C2. The Hall–Kier alpha value is -8.20. The van der Waals surface area contributed by atoms with Crippen LogP contribution in [-0.4, -0.2) is 0 Å². The first-order valence-electron chi connectivity index (χ1n) is 23.8. The number of hydrogen-bond donors (Lipinski definition) is 0. The minimum atomic E-state index is -0.372. The quantitative estimate of drug-likeness (QED) is 0.163. The Bertz CT molecular complexity index is 3530. The molecule has 2 heteroatoms. The van der Waals surface area contributed by atoms with E-state index >= 15 is 0 Å². The van der Waals surface area contributed by atoms with Crippen molar-refractivity contribution in [3.8, 4) is 11.1 Å². The van der Waals surface area contributed by atoms with Crippen LogP contribution in [0.1, 0.15) is 68.8 Å². The van der Waals surface area contributed by atoms with Crippen molar-refractivity contribution in [2.24, 2.45) is 5.92 Å². The van der Waals surface area contributed by atoms with E-state index in [1.54, 1.807) is 0 Å². The van der Waals surface area contributed by atoms with Crippen LogP contribution < -0.4 is 9.80 Å². The van der Waals surface area contributed by atoms with Gasteiger partial charge in [0, 0.05) is 28.6 Å². The van der Waals surface area contributed by atoms with Gasteiger partial charge in [-0.05, 0) is 115 Å². The predicted molar refractivity (Wildman–Crippen MR) is 281 cm³/mol. The van der Waals surface area contributed by atoms with Gasteiger partial charge < -0.3 is 9.80 Å². The molecule has 0 saturated carbocycles. The Morgan fingerprint density at radius 3 is 1.81 bits per heavy atom. The first-order chi connectivity index (χ1) is 33.2. The van der Waals surface area contributed by atoms with E-state index in [1.165, 1.54) is 112 Å². The lowest BCUT2D eigenvalue weighted by Gasteiger charge is -2.39. The average Bonchev–Trinajstić information content (AvgIpc) is 3.69. The smallest absolute Gasteiger partial charge is 0.0540 e. The average molecular weight is 855 g/mol. The van der Waals surface area contributed by atoms with Crippen LogP contribution in [0.4, 0.5) is 22.7 Å². The van der Waals surface area contributed by atoms with Gasteiger partial charge in [-0.2, -0.15) is 0 Å². The van der Waals surface area contributed by atoms with Gasteiger partial charge in [-0.15, -0.1) is 0 Å². The normalized spacial score (nSPS) is 18.7. The molecule has 6 aliphatic rings. The Labute approximate surface area is 392 Å². The van der Waals surface area contributed by atoms with E-state index in [-0.39, 0.29) is 17.3 Å². The molecule has 8 aromatic carbocycles. The van der Waals surface area contributed by atoms with E-state index in [0.29, 0.717) is 0 Å². The first-order valence-corrected chi connectivity index (χ1v) is 23.8. The van der Waals surface area contributed by atoms with Crippen molar-refractivity contribution in [1.29, 1.82) is 0 Å². The van der Waals surface area contributed by atoms with E-state index in [4.69, 9.17) is 0 Å². The number of hydrogen-bond acceptors (Lipinski definition) is 2. The maximum atomic E-state index is 2.65. The third-order valence-electron chi connectivity index (χ3n) is 15.3. The standard InChI is InChI=1S/C65H46N2/c1-11-25-60-45(15-1)32-33-46-16-2-12-26-61(46)66(60)49-37-39-54-53-38-30-43(41-58(53)65(59(54)42-49)56-23-9-7-20-51(56)52-21-8-10-24-57(52)65)29-31-44-36-40-64(55-22-6-5-19-50(44)55)67-62-27-13-3-17-47(62)34-35-48-18-4-14-28-63(48)67/h1-11,13-25,27-42,54,59H,12,26H2/b31-29+. The van der Waals surface area contributed by atoms with Crippen LogP contribution in [-0.2, 0) is 5.41 Å². The highest BCUT2D eigenvalue weighted by atomic mass is 15.2. The van der Waals surface area contributed by atoms with Crippen molar-refractivity contribution >= 4 is 63.9 Å². The summed E-state index contributed by atoms with van der Waals surface area (Å²) in [7, 11) is 0. The molecule has 4 aliphatic carbocycles. The summed E-state index contributed by atoms with van der Waals surface area (Å²) >= 11 is 0. The highest BCUT2D eigenvalue weighted by molar-refractivity contribution is 6.06. The molecule has 2 nitrogen and oxygen atoms in total. The zero-order valence-corrected chi connectivity index (χ0v) is 37.1. The number of para-hydroxylation sites is 3. The molecule has 67 heavy (non-hydrogen) atoms. The molecule has 0 bridgehead atoms. The van der Waals surface area contributed by atoms with Crippen molar-refractivity contribution in [2.75, 3.05) is 9.80 Å². The fourth-order valence-electron chi connectivity index (χ4n) is 12.5. The van der Waals surface area contributed by atoms with Crippen LogP contribution >= 0.6 is 0 Å². The lowest BCUT2D eigenvalue weighted by molar-refractivity contribution is 0.462. The summed E-state index contributed by atoms with van der Waals surface area (Å²) in [4.78, 5) is 5.02. The van der Waals surface area contributed by atoms with Gasteiger partial charge in [0.25, 0.3) is 0 Å². The van der Waals surface area contributed by atoms with E-state index in [9.17, 15) is 0 Å². The minimum Gasteiger partial charge on any atom is -0.313 e. The van der Waals surface area contributed by atoms with Crippen molar-refractivity contribution in [1.82, 2.24) is 0 Å². The number of allylic oxidation sites excluding steroid dienone is 8. The summed E-state index contributed by atoms with van der Waals surface area (Å²) in [6, 6.07) is 65.6. The molecule has 0 N–H and O–H groups in total. The van der Waals surface area contributed by atoms with E-state index < -0.39 is 0 Å². The Morgan fingerprint density at radius 1 is 0.478 bits per heavy atom. The molecular formula is C65H46N2. The van der Waals surface area contributed by atoms with Crippen molar-refractivity contribution < 1.29 is 0 Å². The molecule has 2 unspecified atom stereocenters. The van der Waals surface area contributed by atoms with E-state index in [0.717, 1.165) is 12.8 Å². The molecule has 1 spiro atoms. The molecule has 8 aromatic rings. The lowest BCUT2D eigenvalue weighted by atomic mass is 9.65. The summed E-state index contributed by atoms with van der Waals surface area (Å²) in [6.45, 7) is 0. The molecule has 0 fully saturated rings. The molecular weight excluding hydrogens is 809 g/mol. The van der Waals surface area contributed by atoms with Crippen LogP contribution in [0.25, 0.3) is 52.3 Å². The molecule has 316 valence electrons. The third kappa shape index (κ3) is 5.63. The molecule has 2 heterocycles. The van der Waals surface area contributed by atoms with Crippen molar-refractivity contribution in [3.05, 3.63) is 279 Å². The zero-order chi connectivity index (χ0) is 44.1. The molecule has 0 saturated heterocycles. The fraction of sp³-hybridized carbons (Fsp3) is 0.0769. The number of fused-ring (bicyclic) bond motifs is 14. The predicted octanol–water partition coefficient (Wildman–Crippen LogP) is 16.6. The van der Waals surface area contributed by atoms with Gasteiger partial charge in [-0.3, -0.25) is 0 Å². The van der Waals surface area contributed by atoms with E-state index in [2.05, 4.69) is 253 Å². The van der Waals surface area contributed by atoms with Gasteiger partial charge in [0.2, 0.25) is 0 Å². The van der Waals surface area contributed by atoms with E-state index in [1.807, 2.05) is 0 Å². The number of benzene rings is 8. The summed E-state index contributed by atoms with van der Waals surface area (Å²) in [5.74, 6) is 0.385. The summed E-state index contributed by atoms with van der Waals surface area (Å²) in [5, 5.41) is 2.45. The van der Waals surface area contributed by atoms with Crippen LogP contribution in [0.5, 0.6) is 0 Å². The highest BCUT2D eigenvalue weighted by Crippen LogP contribution is 2.66. The maximum absolute atomic E-state index is 2.65. The Balaban J connectivity index is 0.912. The summed E-state index contributed by atoms with van der Waals surface area (Å²) in [5.41, 5.74) is 22.7. The second-order valence-corrected chi connectivity index (χ2v) is 18.7. The minimum absolute atomic E-state index is 0.166. The van der Waals surface area contributed by atoms with Gasteiger partial charge in [0.1, 0.15) is 0 Å². The maximum Gasteiger partial charge on any atom is 0.0540 e. The first kappa shape index (κ1) is 38.1. The summed E-state index contributed by atoms with van der Waals surface area (Å²) < 4.78 is 0. The van der Waals surface area contributed by atoms with Crippen LogP contribution in [0.15, 0.2) is 229 Å². The van der Waals surface area contributed by atoms with Gasteiger partial charge in [-0.1, -0.05) is 212 Å².